The smallest absolute Gasteiger partial charge is 0.413 e. The van der Waals surface area contributed by atoms with Crippen LogP contribution in [0.4, 0.5) is 10.7 Å². The lowest BCUT2D eigenvalue weighted by Gasteiger charge is -2.08. The number of hydrogen-bond acceptors (Lipinski definition) is 9. The molecule has 0 atom stereocenters. The van der Waals surface area contributed by atoms with Crippen LogP contribution in [0.2, 0.25) is 0 Å². The van der Waals surface area contributed by atoms with Gasteiger partial charge in [-0.15, -0.1) is 0 Å². The molecule has 2 aromatic heterocycles. The number of aromatic nitrogens is 2. The number of fused-ring (bicyclic) bond motifs is 2. The summed E-state index contributed by atoms with van der Waals surface area (Å²) in [5.41, 5.74) is 3.67. The lowest BCUT2D eigenvalue weighted by molar-refractivity contribution is 0.103. The van der Waals surface area contributed by atoms with Crippen molar-refractivity contribution in [2.75, 3.05) is 26.6 Å². The van der Waals surface area contributed by atoms with E-state index in [-0.39, 0.29) is 34.2 Å². The summed E-state index contributed by atoms with van der Waals surface area (Å²) in [5.74, 6) is 0.984. The standard InChI is InChI=1S/C17H14O5.C16H13N3O3/c1-20-11-5-3-10(4-6-11)13-9-22-16-12(15(13)19)7-8-14(18)17(16)21-2;1-22-16(21)19-15-17-12-8-7-11(9-13(12)18-15)14(20)10-5-3-2-4-6-10/h3-9,18H,1-2H3;2-9H,1H3,(H2,17,18,19,21). The number of carbonyl (C=O) groups excluding carboxylic acids is 2. The lowest BCUT2D eigenvalue weighted by Crippen LogP contribution is -2.11. The minimum atomic E-state index is -0.611. The van der Waals surface area contributed by atoms with Gasteiger partial charge in [-0.2, -0.15) is 0 Å². The van der Waals surface area contributed by atoms with Gasteiger partial charge in [0.2, 0.25) is 17.1 Å². The number of imidazole rings is 1. The van der Waals surface area contributed by atoms with Crippen molar-refractivity contribution in [1.29, 1.82) is 0 Å². The van der Waals surface area contributed by atoms with Crippen molar-refractivity contribution < 1.29 is 33.3 Å². The Morgan fingerprint density at radius 2 is 1.64 bits per heavy atom. The number of hydrogen-bond donors (Lipinski definition) is 3. The van der Waals surface area contributed by atoms with Crippen molar-refractivity contribution in [3.8, 4) is 28.4 Å². The molecule has 0 aliphatic rings. The second-order valence-electron chi connectivity index (χ2n) is 9.33. The van der Waals surface area contributed by atoms with Gasteiger partial charge in [0.05, 0.1) is 43.3 Å². The van der Waals surface area contributed by atoms with Gasteiger partial charge < -0.3 is 28.7 Å². The molecule has 0 saturated heterocycles. The van der Waals surface area contributed by atoms with Crippen molar-refractivity contribution in [1.82, 2.24) is 9.97 Å². The third-order valence-corrected chi connectivity index (χ3v) is 6.67. The Morgan fingerprint density at radius 3 is 2.32 bits per heavy atom. The summed E-state index contributed by atoms with van der Waals surface area (Å²) in [6.07, 6.45) is 0.758. The van der Waals surface area contributed by atoms with Crippen LogP contribution in [0.15, 0.2) is 100 Å². The minimum Gasteiger partial charge on any atom is -0.504 e. The highest BCUT2D eigenvalue weighted by Gasteiger charge is 2.16. The summed E-state index contributed by atoms with van der Waals surface area (Å²) in [5, 5.41) is 12.5. The molecule has 44 heavy (non-hydrogen) atoms. The maximum absolute atomic E-state index is 12.6. The number of nitrogens with one attached hydrogen (secondary N) is 2. The first-order valence-electron chi connectivity index (χ1n) is 13.2. The van der Waals surface area contributed by atoms with Crippen LogP contribution >= 0.6 is 0 Å². The van der Waals surface area contributed by atoms with E-state index in [1.165, 1.54) is 32.6 Å². The van der Waals surface area contributed by atoms with Crippen LogP contribution in [0.5, 0.6) is 17.2 Å². The maximum atomic E-state index is 12.6. The molecule has 0 saturated carbocycles. The molecule has 0 fully saturated rings. The number of ketones is 1. The van der Waals surface area contributed by atoms with E-state index in [1.54, 1.807) is 61.7 Å². The molecule has 0 spiro atoms. The van der Waals surface area contributed by atoms with Crippen LogP contribution in [0.3, 0.4) is 0 Å². The van der Waals surface area contributed by atoms with Gasteiger partial charge in [-0.05, 0) is 48.0 Å². The predicted octanol–water partition coefficient (Wildman–Crippen LogP) is 6.16. The zero-order chi connectivity index (χ0) is 31.2. The van der Waals surface area contributed by atoms with E-state index >= 15 is 0 Å². The summed E-state index contributed by atoms with van der Waals surface area (Å²) >= 11 is 0. The molecule has 6 rings (SSSR count). The average molecular weight is 594 g/mol. The van der Waals surface area contributed by atoms with Gasteiger partial charge in [0.15, 0.2) is 17.1 Å². The van der Waals surface area contributed by atoms with Crippen molar-refractivity contribution in [2.24, 2.45) is 0 Å². The zero-order valence-corrected chi connectivity index (χ0v) is 23.9. The molecule has 0 bridgehead atoms. The minimum absolute atomic E-state index is 0.0698. The zero-order valence-electron chi connectivity index (χ0n) is 23.9. The van der Waals surface area contributed by atoms with Gasteiger partial charge in [-0.25, -0.2) is 9.78 Å². The van der Waals surface area contributed by atoms with E-state index in [4.69, 9.17) is 13.9 Å². The number of carbonyl (C=O) groups is 2. The molecular formula is C33H27N3O8. The normalized spacial score (nSPS) is 10.5. The summed E-state index contributed by atoms with van der Waals surface area (Å²) in [6.45, 7) is 0. The number of benzene rings is 4. The molecule has 3 N–H and O–H groups in total. The molecule has 222 valence electrons. The topological polar surface area (TPSA) is 153 Å². The second-order valence-corrected chi connectivity index (χ2v) is 9.33. The molecule has 2 heterocycles. The van der Waals surface area contributed by atoms with Gasteiger partial charge in [0, 0.05) is 11.1 Å². The van der Waals surface area contributed by atoms with Gasteiger partial charge >= 0.3 is 6.09 Å². The molecule has 0 radical (unpaired) electrons. The summed E-state index contributed by atoms with van der Waals surface area (Å²) in [6, 6.07) is 24.2. The Kier molecular flexibility index (Phi) is 8.57. The Morgan fingerprint density at radius 1 is 0.886 bits per heavy atom. The van der Waals surface area contributed by atoms with Gasteiger partial charge in [-0.1, -0.05) is 42.5 Å². The fourth-order valence-corrected chi connectivity index (χ4v) is 4.45. The van der Waals surface area contributed by atoms with Crippen LogP contribution in [0.1, 0.15) is 15.9 Å². The van der Waals surface area contributed by atoms with Gasteiger partial charge in [0.25, 0.3) is 0 Å². The first kappa shape index (κ1) is 29.4. The molecule has 11 nitrogen and oxygen atoms in total. The van der Waals surface area contributed by atoms with E-state index in [1.807, 2.05) is 18.2 Å². The maximum Gasteiger partial charge on any atom is 0.413 e. The molecule has 0 unspecified atom stereocenters. The average Bonchev–Trinajstić information content (AvgIpc) is 3.46. The van der Waals surface area contributed by atoms with Crippen LogP contribution in [-0.2, 0) is 4.74 Å². The molecule has 11 heteroatoms. The summed E-state index contributed by atoms with van der Waals surface area (Å²) < 4.78 is 20.2. The first-order chi connectivity index (χ1) is 21.3. The fourth-order valence-electron chi connectivity index (χ4n) is 4.45. The van der Waals surface area contributed by atoms with Gasteiger partial charge in [-0.3, -0.25) is 14.9 Å². The van der Waals surface area contributed by atoms with E-state index in [0.29, 0.717) is 38.9 Å². The van der Waals surface area contributed by atoms with Crippen LogP contribution in [-0.4, -0.2) is 48.3 Å². The molecular weight excluding hydrogens is 566 g/mol. The Bertz CT molecular complexity index is 2020. The van der Waals surface area contributed by atoms with Gasteiger partial charge in [0.1, 0.15) is 12.0 Å². The van der Waals surface area contributed by atoms with Crippen molar-refractivity contribution in [2.45, 2.75) is 0 Å². The number of H-pyrrole nitrogens is 1. The SMILES string of the molecule is COC(=O)Nc1nc2ccc(C(=O)c3ccccc3)cc2[nH]1.COc1ccc(-c2coc3c(OC)c(O)ccc3c2=O)cc1. The largest absolute Gasteiger partial charge is 0.504 e. The third-order valence-electron chi connectivity index (χ3n) is 6.67. The number of methoxy groups -OCH3 is 3. The van der Waals surface area contributed by atoms with Crippen LogP contribution in [0.25, 0.3) is 33.1 Å². The number of phenols is 1. The van der Waals surface area contributed by atoms with E-state index in [0.717, 1.165) is 5.56 Å². The van der Waals surface area contributed by atoms with Crippen LogP contribution < -0.4 is 20.2 Å². The third kappa shape index (κ3) is 6.07. The van der Waals surface area contributed by atoms with Crippen LogP contribution in [0, 0.1) is 0 Å². The number of ether oxygens (including phenoxy) is 3. The fraction of sp³-hybridized carbons (Fsp3) is 0.0909. The lowest BCUT2D eigenvalue weighted by atomic mass is 10.0. The molecule has 1 amide bonds. The second kappa shape index (κ2) is 12.8. The molecule has 0 aliphatic carbocycles. The number of rotatable bonds is 6. The molecule has 6 aromatic rings. The highest BCUT2D eigenvalue weighted by molar-refractivity contribution is 6.10. The van der Waals surface area contributed by atoms with E-state index in [2.05, 4.69) is 20.0 Å². The highest BCUT2D eigenvalue weighted by atomic mass is 16.5. The first-order valence-corrected chi connectivity index (χ1v) is 13.2. The molecule has 0 aliphatic heterocycles. The predicted molar refractivity (Wildman–Crippen MR) is 165 cm³/mol. The number of aromatic hydroxyl groups is 1. The quantitative estimate of drug-likeness (QED) is 0.193. The molecule has 4 aromatic carbocycles. The highest BCUT2D eigenvalue weighted by Crippen LogP contribution is 2.34. The number of amides is 1. The number of aromatic amines is 1. The number of anilines is 1. The summed E-state index contributed by atoms with van der Waals surface area (Å²) in [7, 11) is 4.26. The number of nitrogens with zero attached hydrogens (tertiary/aromatic N) is 1. The Hall–Kier alpha value is -6.10. The van der Waals surface area contributed by atoms with E-state index in [9.17, 15) is 19.5 Å². The van der Waals surface area contributed by atoms with Crippen molar-refractivity contribution >= 4 is 39.8 Å². The number of phenolic OH excluding ortho intramolecular Hbond substituents is 1. The van der Waals surface area contributed by atoms with Crippen molar-refractivity contribution in [3.63, 3.8) is 0 Å². The summed E-state index contributed by atoms with van der Waals surface area (Å²) in [4.78, 5) is 43.3. The van der Waals surface area contributed by atoms with E-state index < -0.39 is 6.09 Å². The monoisotopic (exact) mass is 593 g/mol. The Labute approximate surface area is 250 Å². The Balaban J connectivity index is 0.000000175. The van der Waals surface area contributed by atoms with Crippen molar-refractivity contribution in [3.05, 3.63) is 113 Å².